The van der Waals surface area contributed by atoms with Crippen molar-refractivity contribution in [2.45, 2.75) is 4.90 Å². The Morgan fingerprint density at radius 1 is 0.923 bits per heavy atom. The first-order valence-corrected chi connectivity index (χ1v) is 9.39. The number of hydrogen-bond donors (Lipinski definition) is 2. The first-order chi connectivity index (χ1) is 12.6. The second-order valence-electron chi connectivity index (χ2n) is 5.68. The maximum absolute atomic E-state index is 12.7. The van der Waals surface area contributed by atoms with Crippen molar-refractivity contribution in [3.63, 3.8) is 0 Å². The van der Waals surface area contributed by atoms with Crippen LogP contribution in [0.5, 0.6) is 17.2 Å². The number of hydrogen-bond acceptors (Lipinski definition) is 5. The lowest BCUT2D eigenvalue weighted by molar-refractivity contribution is 0.414. The summed E-state index contributed by atoms with van der Waals surface area (Å²) in [5, 5.41) is 3.23. The van der Waals surface area contributed by atoms with Crippen LogP contribution in [0, 0.1) is 0 Å². The lowest BCUT2D eigenvalue weighted by Gasteiger charge is -2.24. The molecule has 0 amide bonds. The molecule has 6 nitrogen and oxygen atoms in total. The maximum atomic E-state index is 12.7. The van der Waals surface area contributed by atoms with Gasteiger partial charge in [0.2, 0.25) is 0 Å². The lowest BCUT2D eigenvalue weighted by Crippen LogP contribution is -2.15. The predicted octanol–water partition coefficient (Wildman–Crippen LogP) is 4.35. The van der Waals surface area contributed by atoms with Gasteiger partial charge in [0.25, 0.3) is 10.0 Å². The van der Waals surface area contributed by atoms with E-state index in [9.17, 15) is 8.42 Å². The molecule has 26 heavy (non-hydrogen) atoms. The highest BCUT2D eigenvalue weighted by atomic mass is 32.2. The van der Waals surface area contributed by atoms with Crippen molar-refractivity contribution in [3.8, 4) is 17.2 Å². The largest absolute Gasteiger partial charge is 0.497 e. The van der Waals surface area contributed by atoms with E-state index in [1.165, 1.54) is 19.2 Å². The van der Waals surface area contributed by atoms with Crippen LogP contribution in [0.15, 0.2) is 71.6 Å². The van der Waals surface area contributed by atoms with E-state index >= 15 is 0 Å². The molecule has 7 heteroatoms. The molecule has 3 aromatic carbocycles. The molecule has 0 atom stereocenters. The van der Waals surface area contributed by atoms with Crippen LogP contribution in [-0.2, 0) is 10.0 Å². The Labute approximate surface area is 151 Å². The highest BCUT2D eigenvalue weighted by Crippen LogP contribution is 2.45. The molecular weight excluding hydrogens is 352 g/mol. The normalized spacial score (nSPS) is 12.2. The summed E-state index contributed by atoms with van der Waals surface area (Å²) in [6.07, 6.45) is 0. The quantitative estimate of drug-likeness (QED) is 0.560. The van der Waals surface area contributed by atoms with Crippen molar-refractivity contribution in [1.82, 2.24) is 0 Å². The van der Waals surface area contributed by atoms with Gasteiger partial charge in [-0.05, 0) is 48.5 Å². The van der Waals surface area contributed by atoms with Crippen LogP contribution >= 0.6 is 0 Å². The molecule has 0 fully saturated rings. The Morgan fingerprint density at radius 2 is 1.65 bits per heavy atom. The van der Waals surface area contributed by atoms with Gasteiger partial charge in [-0.2, -0.15) is 0 Å². The number of nitrogens with one attached hydrogen (secondary N) is 2. The fraction of sp³-hybridized carbons (Fsp3) is 0.0526. The molecule has 1 heterocycles. The fourth-order valence-electron chi connectivity index (χ4n) is 2.70. The molecule has 3 aromatic rings. The molecular formula is C19H16N2O4S. The zero-order chi connectivity index (χ0) is 18.1. The first-order valence-electron chi connectivity index (χ1n) is 7.90. The first kappa shape index (κ1) is 16.3. The van der Waals surface area contributed by atoms with Gasteiger partial charge in [0.15, 0.2) is 11.5 Å². The van der Waals surface area contributed by atoms with Crippen LogP contribution in [0.4, 0.5) is 17.1 Å². The molecule has 0 radical (unpaired) electrons. The van der Waals surface area contributed by atoms with Crippen molar-refractivity contribution in [1.29, 1.82) is 0 Å². The van der Waals surface area contributed by atoms with E-state index in [1.54, 1.807) is 30.3 Å². The van der Waals surface area contributed by atoms with Gasteiger partial charge in [0.05, 0.1) is 23.4 Å². The SMILES string of the molecule is COc1ccc(S(=O)(=O)Nc2cccc3c2Nc2ccccc2O3)cc1. The van der Waals surface area contributed by atoms with E-state index in [1.807, 2.05) is 24.3 Å². The highest BCUT2D eigenvalue weighted by Gasteiger charge is 2.22. The van der Waals surface area contributed by atoms with Gasteiger partial charge >= 0.3 is 0 Å². The minimum atomic E-state index is -3.75. The van der Waals surface area contributed by atoms with Crippen LogP contribution in [0.3, 0.4) is 0 Å². The van der Waals surface area contributed by atoms with Crippen LogP contribution in [0.1, 0.15) is 0 Å². The van der Waals surface area contributed by atoms with E-state index < -0.39 is 10.0 Å². The Balaban J connectivity index is 1.67. The molecule has 0 saturated carbocycles. The van der Waals surface area contributed by atoms with Crippen LogP contribution in [0.2, 0.25) is 0 Å². The Hall–Kier alpha value is -3.19. The van der Waals surface area contributed by atoms with Crippen LogP contribution in [-0.4, -0.2) is 15.5 Å². The predicted molar refractivity (Wildman–Crippen MR) is 100 cm³/mol. The minimum absolute atomic E-state index is 0.146. The number of sulfonamides is 1. The number of methoxy groups -OCH3 is 1. The molecule has 1 aliphatic heterocycles. The van der Waals surface area contributed by atoms with Crippen molar-refractivity contribution >= 4 is 27.1 Å². The van der Waals surface area contributed by atoms with Crippen molar-refractivity contribution < 1.29 is 17.9 Å². The standard InChI is InChI=1S/C19H16N2O4S/c1-24-13-9-11-14(12-10-13)26(22,23)21-16-6-4-8-18-19(16)20-15-5-2-3-7-17(15)25-18/h2-12,20-21H,1H3. The summed E-state index contributed by atoms with van der Waals surface area (Å²) in [6.45, 7) is 0. The molecule has 0 aromatic heterocycles. The monoisotopic (exact) mass is 368 g/mol. The van der Waals surface area contributed by atoms with Gasteiger partial charge < -0.3 is 14.8 Å². The van der Waals surface area contributed by atoms with E-state index in [0.717, 1.165) is 5.69 Å². The lowest BCUT2D eigenvalue weighted by atomic mass is 10.2. The van der Waals surface area contributed by atoms with Crippen LogP contribution in [0.25, 0.3) is 0 Å². The second kappa shape index (κ2) is 6.27. The number of para-hydroxylation sites is 3. The molecule has 132 valence electrons. The number of fused-ring (bicyclic) bond motifs is 2. The topological polar surface area (TPSA) is 76.7 Å². The summed E-state index contributed by atoms with van der Waals surface area (Å²) in [6, 6.07) is 18.9. The summed E-state index contributed by atoms with van der Waals surface area (Å²) >= 11 is 0. The Kier molecular flexibility index (Phi) is 3.93. The molecule has 0 unspecified atom stereocenters. The number of benzene rings is 3. The molecule has 2 N–H and O–H groups in total. The third-order valence-electron chi connectivity index (χ3n) is 4.01. The number of rotatable bonds is 4. The fourth-order valence-corrected chi connectivity index (χ4v) is 3.77. The number of ether oxygens (including phenoxy) is 2. The van der Waals surface area contributed by atoms with Gasteiger partial charge in [0, 0.05) is 0 Å². The van der Waals surface area contributed by atoms with E-state index in [2.05, 4.69) is 10.0 Å². The van der Waals surface area contributed by atoms with E-state index in [-0.39, 0.29) is 4.90 Å². The number of anilines is 3. The molecule has 0 saturated heterocycles. The Bertz CT molecular complexity index is 1060. The molecule has 1 aliphatic rings. The summed E-state index contributed by atoms with van der Waals surface area (Å²) in [5.74, 6) is 1.83. The average Bonchev–Trinajstić information content (AvgIpc) is 2.66. The van der Waals surface area contributed by atoms with Gasteiger partial charge in [0.1, 0.15) is 11.4 Å². The zero-order valence-electron chi connectivity index (χ0n) is 13.9. The third kappa shape index (κ3) is 2.93. The molecule has 0 spiro atoms. The summed E-state index contributed by atoms with van der Waals surface area (Å²) in [7, 11) is -2.22. The zero-order valence-corrected chi connectivity index (χ0v) is 14.7. The van der Waals surface area contributed by atoms with Crippen molar-refractivity contribution in [3.05, 3.63) is 66.7 Å². The Morgan fingerprint density at radius 3 is 2.42 bits per heavy atom. The van der Waals surface area contributed by atoms with Crippen LogP contribution < -0.4 is 19.5 Å². The molecule has 4 rings (SSSR count). The van der Waals surface area contributed by atoms with Gasteiger partial charge in [-0.3, -0.25) is 4.72 Å². The summed E-state index contributed by atoms with van der Waals surface area (Å²) in [4.78, 5) is 0.146. The third-order valence-corrected chi connectivity index (χ3v) is 5.39. The second-order valence-corrected chi connectivity index (χ2v) is 7.37. The van der Waals surface area contributed by atoms with E-state index in [4.69, 9.17) is 9.47 Å². The smallest absolute Gasteiger partial charge is 0.261 e. The minimum Gasteiger partial charge on any atom is -0.497 e. The summed E-state index contributed by atoms with van der Waals surface area (Å²) < 4.78 is 39.0. The van der Waals surface area contributed by atoms with E-state index in [0.29, 0.717) is 28.6 Å². The molecule has 0 aliphatic carbocycles. The average molecular weight is 368 g/mol. The van der Waals surface area contributed by atoms with Gasteiger partial charge in [-0.1, -0.05) is 18.2 Å². The van der Waals surface area contributed by atoms with Gasteiger partial charge in [-0.25, -0.2) is 8.42 Å². The van der Waals surface area contributed by atoms with Gasteiger partial charge in [-0.15, -0.1) is 0 Å². The maximum Gasteiger partial charge on any atom is 0.261 e. The van der Waals surface area contributed by atoms with Crippen molar-refractivity contribution in [2.75, 3.05) is 17.1 Å². The highest BCUT2D eigenvalue weighted by molar-refractivity contribution is 7.92. The molecule has 0 bridgehead atoms. The van der Waals surface area contributed by atoms with Crippen molar-refractivity contribution in [2.24, 2.45) is 0 Å². The summed E-state index contributed by atoms with van der Waals surface area (Å²) in [5.41, 5.74) is 1.76.